The minimum Gasteiger partial charge on any atom is -0.298 e. The molecule has 2 N–H and O–H groups in total. The highest BCUT2D eigenvalue weighted by Crippen LogP contribution is 2.15. The molecule has 1 rings (SSSR count). The minimum absolute atomic E-state index is 0.653. The Balaban J connectivity index is 3.07. The molecule has 0 aliphatic carbocycles. The van der Waals surface area contributed by atoms with Crippen LogP contribution in [0.3, 0.4) is 0 Å². The Kier molecular flexibility index (Phi) is 1.98. The van der Waals surface area contributed by atoms with Gasteiger partial charge in [-0.05, 0) is 6.92 Å². The van der Waals surface area contributed by atoms with E-state index in [1.54, 1.807) is 6.08 Å². The van der Waals surface area contributed by atoms with Gasteiger partial charge in [-0.25, -0.2) is 0 Å². The lowest BCUT2D eigenvalue weighted by Gasteiger charge is -1.92. The average molecular weight is 147 g/mol. The largest absolute Gasteiger partial charge is 0.298 e. The van der Waals surface area contributed by atoms with Crippen LogP contribution in [0.15, 0.2) is 6.58 Å². The number of rotatable bonds is 2. The van der Waals surface area contributed by atoms with Crippen LogP contribution < -0.4 is 5.32 Å². The molecule has 11 heavy (non-hydrogen) atoms. The topological polar surface area (TPSA) is 40.7 Å². The molecule has 1 heterocycles. The van der Waals surface area contributed by atoms with Crippen molar-refractivity contribution in [2.24, 2.45) is 0 Å². The number of hydrogen-bond donors (Lipinski definition) is 2. The summed E-state index contributed by atoms with van der Waals surface area (Å²) in [7, 11) is 0. The van der Waals surface area contributed by atoms with Gasteiger partial charge in [-0.1, -0.05) is 19.1 Å². The number of aromatic nitrogens is 2. The zero-order chi connectivity index (χ0) is 8.27. The third-order valence-corrected chi connectivity index (χ3v) is 1.39. The first-order chi connectivity index (χ1) is 5.29. The molecule has 1 aromatic heterocycles. The van der Waals surface area contributed by atoms with Gasteiger partial charge in [0.2, 0.25) is 0 Å². The number of aryl methyl sites for hydroxylation is 1. The monoisotopic (exact) mass is 147 g/mol. The fraction of sp³-hybridized carbons (Fsp3) is 0.125. The van der Waals surface area contributed by atoms with Crippen molar-refractivity contribution in [1.29, 1.82) is 0 Å². The van der Waals surface area contributed by atoms with Gasteiger partial charge in [-0.2, -0.15) is 5.10 Å². The van der Waals surface area contributed by atoms with Gasteiger partial charge >= 0.3 is 0 Å². The van der Waals surface area contributed by atoms with Gasteiger partial charge in [0.1, 0.15) is 0 Å². The first-order valence-corrected chi connectivity index (χ1v) is 3.18. The molecular formula is C8H9N3. The minimum atomic E-state index is 0.653. The lowest BCUT2D eigenvalue weighted by atomic mass is 10.2. The highest BCUT2D eigenvalue weighted by atomic mass is 15.2. The Bertz CT molecular complexity index is 304. The van der Waals surface area contributed by atoms with E-state index in [2.05, 4.69) is 28.1 Å². The van der Waals surface area contributed by atoms with Crippen LogP contribution in [0.2, 0.25) is 0 Å². The van der Waals surface area contributed by atoms with E-state index in [4.69, 9.17) is 6.42 Å². The van der Waals surface area contributed by atoms with E-state index in [1.807, 2.05) is 6.92 Å². The fourth-order valence-corrected chi connectivity index (χ4v) is 0.851. The van der Waals surface area contributed by atoms with Crippen molar-refractivity contribution in [2.75, 3.05) is 5.32 Å². The zero-order valence-electron chi connectivity index (χ0n) is 6.31. The Morgan fingerprint density at radius 1 is 1.82 bits per heavy atom. The van der Waals surface area contributed by atoms with E-state index < -0.39 is 0 Å². The van der Waals surface area contributed by atoms with Gasteiger partial charge in [-0.15, -0.1) is 0 Å². The van der Waals surface area contributed by atoms with Gasteiger partial charge in [-0.3, -0.25) is 10.4 Å². The molecule has 0 bridgehead atoms. The second-order valence-electron chi connectivity index (χ2n) is 2.08. The Morgan fingerprint density at radius 2 is 2.55 bits per heavy atom. The van der Waals surface area contributed by atoms with Crippen molar-refractivity contribution in [2.45, 2.75) is 6.92 Å². The van der Waals surface area contributed by atoms with Crippen molar-refractivity contribution >= 4 is 11.9 Å². The van der Waals surface area contributed by atoms with E-state index in [1.165, 1.54) is 0 Å². The van der Waals surface area contributed by atoms with E-state index in [-0.39, 0.29) is 0 Å². The third kappa shape index (κ3) is 1.24. The number of H-pyrrole nitrogens is 1. The standard InChI is InChI=1S/C8H9N3/c1-4-7-6(3)10-11-8(7)9-5-2/h2,4H,1H2,3H3,(H2,9,10,11). The summed E-state index contributed by atoms with van der Waals surface area (Å²) in [6, 6.07) is 2.29. The van der Waals surface area contributed by atoms with Crippen molar-refractivity contribution < 1.29 is 0 Å². The van der Waals surface area contributed by atoms with Gasteiger partial charge in [0.25, 0.3) is 0 Å². The SMILES string of the molecule is C#CNc1n[nH]c(C)c1C=C. The number of terminal acetylenes is 1. The summed E-state index contributed by atoms with van der Waals surface area (Å²) >= 11 is 0. The molecule has 0 fully saturated rings. The van der Waals surface area contributed by atoms with Crippen LogP contribution in [0.4, 0.5) is 5.82 Å². The Labute approximate surface area is 65.5 Å². The highest BCUT2D eigenvalue weighted by Gasteiger charge is 2.03. The summed E-state index contributed by atoms with van der Waals surface area (Å²) < 4.78 is 0. The van der Waals surface area contributed by atoms with Crippen molar-refractivity contribution in [3.63, 3.8) is 0 Å². The van der Waals surface area contributed by atoms with E-state index in [0.29, 0.717) is 5.82 Å². The van der Waals surface area contributed by atoms with Gasteiger partial charge in [0.05, 0.1) is 0 Å². The first-order valence-electron chi connectivity index (χ1n) is 3.18. The molecule has 0 saturated heterocycles. The Hall–Kier alpha value is -1.69. The molecule has 0 amide bonds. The van der Waals surface area contributed by atoms with Gasteiger partial charge in [0, 0.05) is 17.3 Å². The second-order valence-corrected chi connectivity index (χ2v) is 2.08. The quantitative estimate of drug-likeness (QED) is 0.490. The summed E-state index contributed by atoms with van der Waals surface area (Å²) in [5.74, 6) is 0.653. The molecule has 0 atom stereocenters. The van der Waals surface area contributed by atoms with Crippen LogP contribution in [0.1, 0.15) is 11.3 Å². The average Bonchev–Trinajstić information content (AvgIpc) is 2.33. The molecule has 0 aliphatic heterocycles. The fourth-order valence-electron chi connectivity index (χ4n) is 0.851. The second kappa shape index (κ2) is 2.93. The number of anilines is 1. The molecule has 1 aromatic rings. The molecule has 0 aliphatic rings. The summed E-state index contributed by atoms with van der Waals surface area (Å²) in [5.41, 5.74) is 1.88. The van der Waals surface area contributed by atoms with Crippen LogP contribution in [0.25, 0.3) is 6.08 Å². The third-order valence-electron chi connectivity index (χ3n) is 1.39. The van der Waals surface area contributed by atoms with Crippen LogP contribution >= 0.6 is 0 Å². The predicted octanol–water partition coefficient (Wildman–Crippen LogP) is 1.36. The summed E-state index contributed by atoms with van der Waals surface area (Å²) in [6.45, 7) is 5.55. The lowest BCUT2D eigenvalue weighted by molar-refractivity contribution is 1.05. The van der Waals surface area contributed by atoms with E-state index in [9.17, 15) is 0 Å². The van der Waals surface area contributed by atoms with Gasteiger partial charge < -0.3 is 0 Å². The molecule has 0 radical (unpaired) electrons. The maximum atomic E-state index is 5.04. The van der Waals surface area contributed by atoms with Crippen LogP contribution in [-0.4, -0.2) is 10.2 Å². The highest BCUT2D eigenvalue weighted by molar-refractivity contribution is 5.65. The van der Waals surface area contributed by atoms with Crippen molar-refractivity contribution in [1.82, 2.24) is 10.2 Å². The lowest BCUT2D eigenvalue weighted by Crippen LogP contribution is -1.89. The Morgan fingerprint density at radius 3 is 3.09 bits per heavy atom. The van der Waals surface area contributed by atoms with Crippen LogP contribution in [0.5, 0.6) is 0 Å². The first kappa shape index (κ1) is 7.42. The van der Waals surface area contributed by atoms with E-state index in [0.717, 1.165) is 11.3 Å². The number of nitrogens with zero attached hydrogens (tertiary/aromatic N) is 1. The van der Waals surface area contributed by atoms with Gasteiger partial charge in [0.15, 0.2) is 5.82 Å². The number of hydrogen-bond acceptors (Lipinski definition) is 2. The summed E-state index contributed by atoms with van der Waals surface area (Å²) in [6.07, 6.45) is 6.75. The van der Waals surface area contributed by atoms with Crippen molar-refractivity contribution in [3.8, 4) is 12.5 Å². The molecule has 0 saturated carbocycles. The molecular weight excluding hydrogens is 138 g/mol. The number of aromatic amines is 1. The molecule has 0 aromatic carbocycles. The van der Waals surface area contributed by atoms with E-state index >= 15 is 0 Å². The molecule has 56 valence electrons. The van der Waals surface area contributed by atoms with Crippen LogP contribution in [0, 0.1) is 19.4 Å². The zero-order valence-corrected chi connectivity index (χ0v) is 6.31. The number of nitrogens with one attached hydrogen (secondary N) is 2. The maximum Gasteiger partial charge on any atom is 0.166 e. The van der Waals surface area contributed by atoms with Crippen molar-refractivity contribution in [3.05, 3.63) is 17.8 Å². The smallest absolute Gasteiger partial charge is 0.166 e. The normalized spacial score (nSPS) is 8.73. The molecule has 3 nitrogen and oxygen atoms in total. The molecule has 0 unspecified atom stereocenters. The molecule has 3 heteroatoms. The predicted molar refractivity (Wildman–Crippen MR) is 45.9 cm³/mol. The maximum absolute atomic E-state index is 5.04. The molecule has 0 spiro atoms. The summed E-state index contributed by atoms with van der Waals surface area (Å²) in [5, 5.41) is 9.38. The van der Waals surface area contributed by atoms with Crippen LogP contribution in [-0.2, 0) is 0 Å². The summed E-state index contributed by atoms with van der Waals surface area (Å²) in [4.78, 5) is 0.